The van der Waals surface area contributed by atoms with E-state index in [0.717, 1.165) is 0 Å². The number of rotatable bonds is 7. The fourth-order valence-electron chi connectivity index (χ4n) is 2.57. The van der Waals surface area contributed by atoms with E-state index in [4.69, 9.17) is 9.47 Å². The van der Waals surface area contributed by atoms with Gasteiger partial charge < -0.3 is 24.6 Å². The SMILES string of the molecule is CC(=O)N/C(=C\c1ccccc1)C(=O)OCC(=O)N(C)CC(=O)N1CCOCC1. The Bertz CT molecular complexity index is 772. The summed E-state index contributed by atoms with van der Waals surface area (Å²) in [5.41, 5.74) is 0.608. The summed E-state index contributed by atoms with van der Waals surface area (Å²) in [5.74, 6) is -2.01. The Morgan fingerprint density at radius 2 is 1.83 bits per heavy atom. The van der Waals surface area contributed by atoms with E-state index in [-0.39, 0.29) is 18.1 Å². The van der Waals surface area contributed by atoms with E-state index in [9.17, 15) is 19.2 Å². The number of carbonyl (C=O) groups is 4. The van der Waals surface area contributed by atoms with Gasteiger partial charge in [0.1, 0.15) is 5.70 Å². The summed E-state index contributed by atoms with van der Waals surface area (Å²) in [6, 6.07) is 8.90. The van der Waals surface area contributed by atoms with E-state index in [1.807, 2.05) is 6.07 Å². The molecule has 0 aliphatic carbocycles. The molecule has 1 aromatic carbocycles. The number of carbonyl (C=O) groups excluding carboxylic acids is 4. The highest BCUT2D eigenvalue weighted by atomic mass is 16.5. The van der Waals surface area contributed by atoms with E-state index < -0.39 is 24.4 Å². The highest BCUT2D eigenvalue weighted by Gasteiger charge is 2.22. The fourth-order valence-corrected chi connectivity index (χ4v) is 2.57. The quantitative estimate of drug-likeness (QED) is 0.509. The maximum Gasteiger partial charge on any atom is 0.355 e. The molecule has 1 heterocycles. The molecule has 1 aliphatic rings. The van der Waals surface area contributed by atoms with Crippen LogP contribution in [0.15, 0.2) is 36.0 Å². The molecule has 1 aliphatic heterocycles. The maximum atomic E-state index is 12.3. The number of likely N-dealkylation sites (N-methyl/N-ethyl adjacent to an activating group) is 1. The molecule has 0 bridgehead atoms. The first-order chi connectivity index (χ1) is 13.9. The molecule has 156 valence electrons. The van der Waals surface area contributed by atoms with Gasteiger partial charge in [-0.05, 0) is 11.6 Å². The molecule has 9 nitrogen and oxygen atoms in total. The number of esters is 1. The van der Waals surface area contributed by atoms with Gasteiger partial charge in [0, 0.05) is 27.1 Å². The van der Waals surface area contributed by atoms with E-state index in [1.54, 1.807) is 29.2 Å². The lowest BCUT2D eigenvalue weighted by atomic mass is 10.2. The molecule has 3 amide bonds. The summed E-state index contributed by atoms with van der Waals surface area (Å²) in [7, 11) is 1.46. The summed E-state index contributed by atoms with van der Waals surface area (Å²) < 4.78 is 10.2. The summed E-state index contributed by atoms with van der Waals surface area (Å²) in [6.07, 6.45) is 1.46. The Morgan fingerprint density at radius 3 is 2.45 bits per heavy atom. The number of benzene rings is 1. The second-order valence-corrected chi connectivity index (χ2v) is 6.47. The lowest BCUT2D eigenvalue weighted by Crippen LogP contribution is -2.46. The first kappa shape index (κ1) is 22.1. The van der Waals surface area contributed by atoms with Gasteiger partial charge in [-0.1, -0.05) is 30.3 Å². The average molecular weight is 403 g/mol. The number of hydrogen-bond donors (Lipinski definition) is 1. The number of morpholine rings is 1. The second-order valence-electron chi connectivity index (χ2n) is 6.47. The molecule has 29 heavy (non-hydrogen) atoms. The van der Waals surface area contributed by atoms with E-state index >= 15 is 0 Å². The van der Waals surface area contributed by atoms with Gasteiger partial charge in [-0.3, -0.25) is 14.4 Å². The molecule has 0 radical (unpaired) electrons. The standard InChI is InChI=1S/C20H25N3O6/c1-15(24)21-17(12-16-6-4-3-5-7-16)20(27)29-14-19(26)22(2)13-18(25)23-8-10-28-11-9-23/h3-7,12H,8-11,13-14H2,1-2H3,(H,21,24)/b17-12-. The van der Waals surface area contributed by atoms with Gasteiger partial charge in [0.25, 0.3) is 5.91 Å². The largest absolute Gasteiger partial charge is 0.451 e. The Morgan fingerprint density at radius 1 is 1.17 bits per heavy atom. The molecule has 1 fully saturated rings. The number of nitrogens with zero attached hydrogens (tertiary/aromatic N) is 2. The Labute approximate surface area is 169 Å². The molecule has 0 aromatic heterocycles. The molecule has 9 heteroatoms. The molecular weight excluding hydrogens is 378 g/mol. The van der Waals surface area contributed by atoms with Gasteiger partial charge in [-0.15, -0.1) is 0 Å². The first-order valence-corrected chi connectivity index (χ1v) is 9.17. The van der Waals surface area contributed by atoms with Crippen LogP contribution in [0.2, 0.25) is 0 Å². The van der Waals surface area contributed by atoms with E-state index in [2.05, 4.69) is 5.32 Å². The third kappa shape index (κ3) is 7.38. The molecule has 1 aromatic rings. The van der Waals surface area contributed by atoms with Crippen LogP contribution in [0, 0.1) is 0 Å². The van der Waals surface area contributed by atoms with Gasteiger partial charge in [0.05, 0.1) is 19.8 Å². The zero-order valence-electron chi connectivity index (χ0n) is 16.6. The molecule has 0 atom stereocenters. The van der Waals surface area contributed by atoms with E-state index in [0.29, 0.717) is 31.9 Å². The van der Waals surface area contributed by atoms with Crippen molar-refractivity contribution in [1.29, 1.82) is 0 Å². The molecular formula is C20H25N3O6. The number of nitrogens with one attached hydrogen (secondary N) is 1. The summed E-state index contributed by atoms with van der Waals surface area (Å²) in [5, 5.41) is 2.41. The van der Waals surface area contributed by atoms with Gasteiger partial charge in [0.2, 0.25) is 11.8 Å². The van der Waals surface area contributed by atoms with Crippen molar-refractivity contribution < 1.29 is 28.7 Å². The minimum atomic E-state index is -0.842. The van der Waals surface area contributed by atoms with Gasteiger partial charge in [0.15, 0.2) is 6.61 Å². The first-order valence-electron chi connectivity index (χ1n) is 9.17. The van der Waals surface area contributed by atoms with Crippen molar-refractivity contribution in [3.63, 3.8) is 0 Å². The van der Waals surface area contributed by atoms with Crippen LogP contribution in [-0.2, 0) is 28.7 Å². The third-order valence-electron chi connectivity index (χ3n) is 4.13. The summed E-state index contributed by atoms with van der Waals surface area (Å²) in [4.78, 5) is 50.9. The van der Waals surface area contributed by atoms with Crippen molar-refractivity contribution in [2.24, 2.45) is 0 Å². The van der Waals surface area contributed by atoms with E-state index in [1.165, 1.54) is 24.9 Å². The Balaban J connectivity index is 1.90. The monoisotopic (exact) mass is 403 g/mol. The van der Waals surface area contributed by atoms with Crippen LogP contribution in [0.3, 0.4) is 0 Å². The second kappa shape index (κ2) is 11.0. The van der Waals surface area contributed by atoms with Crippen LogP contribution < -0.4 is 5.32 Å². The molecule has 0 saturated carbocycles. The lowest BCUT2D eigenvalue weighted by Gasteiger charge is -2.28. The molecule has 1 saturated heterocycles. The maximum absolute atomic E-state index is 12.3. The van der Waals surface area contributed by atoms with Crippen molar-refractivity contribution >= 4 is 29.8 Å². The number of amides is 3. The van der Waals surface area contributed by atoms with Crippen LogP contribution in [0.5, 0.6) is 0 Å². The Kier molecular flexibility index (Phi) is 8.35. The topological polar surface area (TPSA) is 105 Å². The summed E-state index contributed by atoms with van der Waals surface area (Å²) in [6.45, 7) is 2.52. The molecule has 0 unspecified atom stereocenters. The summed E-state index contributed by atoms with van der Waals surface area (Å²) >= 11 is 0. The fraction of sp³-hybridized carbons (Fsp3) is 0.400. The van der Waals surface area contributed by atoms with Crippen LogP contribution in [0.25, 0.3) is 6.08 Å². The zero-order valence-corrected chi connectivity index (χ0v) is 16.6. The van der Waals surface area contributed by atoms with Crippen LogP contribution in [-0.4, -0.2) is 80.0 Å². The highest BCUT2D eigenvalue weighted by molar-refractivity contribution is 5.98. The van der Waals surface area contributed by atoms with Gasteiger partial charge >= 0.3 is 5.97 Å². The van der Waals surface area contributed by atoms with Gasteiger partial charge in [-0.25, -0.2) is 4.79 Å². The van der Waals surface area contributed by atoms with Crippen molar-refractivity contribution in [3.8, 4) is 0 Å². The normalized spacial score (nSPS) is 14.1. The molecule has 1 N–H and O–H groups in total. The minimum absolute atomic E-state index is 0.0800. The van der Waals surface area contributed by atoms with Crippen molar-refractivity contribution in [2.75, 3.05) is 46.5 Å². The predicted octanol–water partition coefficient (Wildman–Crippen LogP) is 0.0240. The number of ether oxygens (including phenoxy) is 2. The van der Waals surface area contributed by atoms with Crippen LogP contribution >= 0.6 is 0 Å². The number of hydrogen-bond acceptors (Lipinski definition) is 6. The highest BCUT2D eigenvalue weighted by Crippen LogP contribution is 2.07. The predicted molar refractivity (Wildman–Crippen MR) is 104 cm³/mol. The smallest absolute Gasteiger partial charge is 0.355 e. The molecule has 0 spiro atoms. The van der Waals surface area contributed by atoms with Crippen molar-refractivity contribution in [2.45, 2.75) is 6.92 Å². The van der Waals surface area contributed by atoms with Crippen LogP contribution in [0.1, 0.15) is 12.5 Å². The average Bonchev–Trinajstić information content (AvgIpc) is 2.72. The Hall–Kier alpha value is -3.20. The molecule has 2 rings (SSSR count). The van der Waals surface area contributed by atoms with Gasteiger partial charge in [-0.2, -0.15) is 0 Å². The third-order valence-corrected chi connectivity index (χ3v) is 4.13. The van der Waals surface area contributed by atoms with Crippen molar-refractivity contribution in [3.05, 3.63) is 41.6 Å². The van der Waals surface area contributed by atoms with Crippen molar-refractivity contribution in [1.82, 2.24) is 15.1 Å². The zero-order chi connectivity index (χ0) is 21.2. The lowest BCUT2D eigenvalue weighted by molar-refractivity contribution is -0.150. The van der Waals surface area contributed by atoms with Crippen LogP contribution in [0.4, 0.5) is 0 Å². The minimum Gasteiger partial charge on any atom is -0.451 e.